The summed E-state index contributed by atoms with van der Waals surface area (Å²) in [6.45, 7) is 1.34. The van der Waals surface area contributed by atoms with Crippen LogP contribution in [0.25, 0.3) is 22.2 Å². The van der Waals surface area contributed by atoms with E-state index in [9.17, 15) is 4.79 Å². The van der Waals surface area contributed by atoms with Crippen LogP contribution in [0, 0.1) is 0 Å². The first-order chi connectivity index (χ1) is 11.8. The van der Waals surface area contributed by atoms with Crippen molar-refractivity contribution in [3.05, 3.63) is 42.1 Å². The Hall–Kier alpha value is -2.73. The van der Waals surface area contributed by atoms with Crippen LogP contribution < -0.4 is 4.90 Å². The highest BCUT2D eigenvalue weighted by Crippen LogP contribution is 2.40. The number of fused-ring (bicyclic) bond motifs is 2. The molecule has 24 heavy (non-hydrogen) atoms. The highest BCUT2D eigenvalue weighted by atomic mass is 16.5. The Kier molecular flexibility index (Phi) is 2.93. The van der Waals surface area contributed by atoms with Gasteiger partial charge < -0.3 is 4.74 Å². The van der Waals surface area contributed by atoms with Gasteiger partial charge in [0.2, 0.25) is 0 Å². The van der Waals surface area contributed by atoms with Gasteiger partial charge in [-0.15, -0.1) is 0 Å². The lowest BCUT2D eigenvalue weighted by atomic mass is 10.0. The largest absolute Gasteiger partial charge is 0.381 e. The minimum absolute atomic E-state index is 0.00417. The van der Waals surface area contributed by atoms with Crippen LogP contribution >= 0.6 is 0 Å². The smallest absolute Gasteiger partial charge is 0.260 e. The van der Waals surface area contributed by atoms with Gasteiger partial charge in [0, 0.05) is 36.6 Å². The molecule has 2 aliphatic rings. The second kappa shape index (κ2) is 5.14. The molecule has 2 aliphatic heterocycles. The average Bonchev–Trinajstić information content (AvgIpc) is 3.03. The van der Waals surface area contributed by atoms with Crippen molar-refractivity contribution in [3.8, 4) is 11.3 Å². The molecule has 0 saturated carbocycles. The van der Waals surface area contributed by atoms with Gasteiger partial charge in [-0.25, -0.2) is 4.98 Å². The molecule has 4 heterocycles. The number of amides is 1. The van der Waals surface area contributed by atoms with Crippen LogP contribution in [0.5, 0.6) is 0 Å². The molecule has 0 bridgehead atoms. The third-order valence-corrected chi connectivity index (χ3v) is 4.87. The van der Waals surface area contributed by atoms with Crippen molar-refractivity contribution in [2.24, 2.45) is 0 Å². The van der Waals surface area contributed by atoms with Crippen molar-refractivity contribution in [2.75, 3.05) is 18.1 Å². The van der Waals surface area contributed by atoms with Crippen molar-refractivity contribution < 1.29 is 9.53 Å². The number of rotatable bonds is 1. The molecule has 6 nitrogen and oxygen atoms in total. The first-order valence-corrected chi connectivity index (χ1v) is 8.18. The minimum Gasteiger partial charge on any atom is -0.381 e. The molecule has 1 amide bonds. The lowest BCUT2D eigenvalue weighted by Gasteiger charge is -2.33. The van der Waals surface area contributed by atoms with E-state index in [2.05, 4.69) is 15.2 Å². The van der Waals surface area contributed by atoms with E-state index in [1.165, 1.54) is 0 Å². The van der Waals surface area contributed by atoms with Gasteiger partial charge in [-0.3, -0.25) is 14.8 Å². The molecule has 2 aromatic heterocycles. The number of hydrogen-bond acceptors (Lipinski definition) is 4. The zero-order valence-electron chi connectivity index (χ0n) is 13.0. The van der Waals surface area contributed by atoms with Crippen LogP contribution in [-0.4, -0.2) is 40.3 Å². The molecule has 5 rings (SSSR count). The molecule has 0 radical (unpaired) electrons. The third kappa shape index (κ3) is 1.83. The number of pyridine rings is 1. The van der Waals surface area contributed by atoms with Crippen LogP contribution in [0.1, 0.15) is 23.2 Å². The lowest BCUT2D eigenvalue weighted by molar-refractivity contribution is 0.0771. The molecule has 0 spiro atoms. The van der Waals surface area contributed by atoms with Gasteiger partial charge in [0.25, 0.3) is 5.91 Å². The summed E-state index contributed by atoms with van der Waals surface area (Å²) in [7, 11) is 0. The predicted molar refractivity (Wildman–Crippen MR) is 90.0 cm³/mol. The number of nitrogens with one attached hydrogen (secondary N) is 1. The lowest BCUT2D eigenvalue weighted by Crippen LogP contribution is -2.44. The Morgan fingerprint density at radius 3 is 2.75 bits per heavy atom. The summed E-state index contributed by atoms with van der Waals surface area (Å²) in [6.07, 6.45) is 3.37. The fourth-order valence-electron chi connectivity index (χ4n) is 3.71. The van der Waals surface area contributed by atoms with Crippen molar-refractivity contribution in [1.82, 2.24) is 15.2 Å². The molecular weight excluding hydrogens is 304 g/mol. The zero-order chi connectivity index (χ0) is 16.1. The maximum absolute atomic E-state index is 13.3. The van der Waals surface area contributed by atoms with E-state index in [1.54, 1.807) is 6.20 Å². The molecule has 3 aromatic rings. The van der Waals surface area contributed by atoms with E-state index in [0.717, 1.165) is 35.0 Å². The molecular formula is C18H16N4O2. The van der Waals surface area contributed by atoms with E-state index >= 15 is 0 Å². The Bertz CT molecular complexity index is 943. The molecule has 120 valence electrons. The molecule has 0 atom stereocenters. The average molecular weight is 320 g/mol. The maximum Gasteiger partial charge on any atom is 0.260 e. The predicted octanol–water partition coefficient (Wildman–Crippen LogP) is 2.76. The number of carbonyl (C=O) groups excluding carboxylic acids is 1. The summed E-state index contributed by atoms with van der Waals surface area (Å²) in [5.74, 6) is 0.694. The monoisotopic (exact) mass is 320 g/mol. The molecule has 1 N–H and O–H groups in total. The van der Waals surface area contributed by atoms with E-state index in [-0.39, 0.29) is 11.9 Å². The summed E-state index contributed by atoms with van der Waals surface area (Å²) in [5.41, 5.74) is 3.23. The number of nitrogens with zero attached hydrogens (tertiary/aromatic N) is 3. The van der Waals surface area contributed by atoms with Crippen LogP contribution in [0.3, 0.4) is 0 Å². The maximum atomic E-state index is 13.3. The van der Waals surface area contributed by atoms with Gasteiger partial charge in [0.1, 0.15) is 11.5 Å². The molecule has 0 aliphatic carbocycles. The summed E-state index contributed by atoms with van der Waals surface area (Å²) in [6, 6.07) is 9.65. The number of H-pyrrole nitrogens is 1. The Labute approximate surface area is 138 Å². The number of aromatic nitrogens is 3. The van der Waals surface area contributed by atoms with Crippen molar-refractivity contribution in [3.63, 3.8) is 0 Å². The van der Waals surface area contributed by atoms with Gasteiger partial charge in [0.05, 0.1) is 10.9 Å². The first kappa shape index (κ1) is 13.7. The fourth-order valence-corrected chi connectivity index (χ4v) is 3.71. The van der Waals surface area contributed by atoms with E-state index in [0.29, 0.717) is 24.6 Å². The van der Waals surface area contributed by atoms with Gasteiger partial charge in [0.15, 0.2) is 0 Å². The summed E-state index contributed by atoms with van der Waals surface area (Å²) < 4.78 is 5.48. The van der Waals surface area contributed by atoms with Crippen LogP contribution in [0.2, 0.25) is 0 Å². The summed E-state index contributed by atoms with van der Waals surface area (Å²) >= 11 is 0. The standard InChI is InChI=1S/C18H16N4O2/c23-18-13-4-2-1-3-12(13)16-15-14(20-21-16)5-8-19-17(15)22(18)11-6-9-24-10-7-11/h1-5,8,11H,6-7,9-10H2,(H,20,21). The molecule has 6 heteroatoms. The van der Waals surface area contributed by atoms with Crippen molar-refractivity contribution in [2.45, 2.75) is 18.9 Å². The third-order valence-electron chi connectivity index (χ3n) is 4.87. The molecule has 1 aromatic carbocycles. The highest BCUT2D eigenvalue weighted by molar-refractivity contribution is 6.18. The van der Waals surface area contributed by atoms with Crippen LogP contribution in [-0.2, 0) is 4.74 Å². The van der Waals surface area contributed by atoms with Gasteiger partial charge >= 0.3 is 0 Å². The Morgan fingerprint density at radius 2 is 1.92 bits per heavy atom. The van der Waals surface area contributed by atoms with E-state index in [4.69, 9.17) is 4.74 Å². The van der Waals surface area contributed by atoms with Gasteiger partial charge in [-0.05, 0) is 25.0 Å². The second-order valence-corrected chi connectivity index (χ2v) is 6.19. The molecule has 0 unspecified atom stereocenters. The number of benzene rings is 1. The second-order valence-electron chi connectivity index (χ2n) is 6.19. The van der Waals surface area contributed by atoms with Gasteiger partial charge in [-0.2, -0.15) is 5.10 Å². The number of ether oxygens (including phenoxy) is 1. The van der Waals surface area contributed by atoms with E-state index < -0.39 is 0 Å². The zero-order valence-corrected chi connectivity index (χ0v) is 13.0. The Balaban J connectivity index is 1.82. The topological polar surface area (TPSA) is 71.1 Å². The first-order valence-electron chi connectivity index (χ1n) is 8.18. The van der Waals surface area contributed by atoms with Crippen molar-refractivity contribution >= 4 is 22.6 Å². The van der Waals surface area contributed by atoms with Crippen LogP contribution in [0.15, 0.2) is 36.5 Å². The fraction of sp³-hybridized carbons (Fsp3) is 0.278. The molecule has 1 saturated heterocycles. The SMILES string of the molecule is O=C1c2ccccc2-c2n[nH]c3ccnc(c23)N1C1CCOCC1. The van der Waals surface area contributed by atoms with E-state index in [1.807, 2.05) is 35.2 Å². The quantitative estimate of drug-likeness (QED) is 0.748. The number of anilines is 1. The minimum atomic E-state index is -0.00417. The van der Waals surface area contributed by atoms with Crippen molar-refractivity contribution in [1.29, 1.82) is 0 Å². The number of aromatic amines is 1. The summed E-state index contributed by atoms with van der Waals surface area (Å²) in [5, 5.41) is 8.47. The summed E-state index contributed by atoms with van der Waals surface area (Å²) in [4.78, 5) is 19.8. The number of carbonyl (C=O) groups is 1. The highest BCUT2D eigenvalue weighted by Gasteiger charge is 2.35. The number of hydrogen-bond donors (Lipinski definition) is 1. The van der Waals surface area contributed by atoms with Crippen LogP contribution in [0.4, 0.5) is 5.82 Å². The molecule has 1 fully saturated rings. The normalized spacial score (nSPS) is 17.8. The Morgan fingerprint density at radius 1 is 1.12 bits per heavy atom. The van der Waals surface area contributed by atoms with Gasteiger partial charge in [-0.1, -0.05) is 18.2 Å².